The Hall–Kier alpha value is -1.33. The molecular formula is C12H13ClN4S. The number of aromatic nitrogens is 2. The van der Waals surface area contributed by atoms with Gasteiger partial charge >= 0.3 is 0 Å². The second-order valence-electron chi connectivity index (χ2n) is 4.33. The van der Waals surface area contributed by atoms with E-state index in [-0.39, 0.29) is 5.95 Å². The molecule has 0 aromatic carbocycles. The first-order chi connectivity index (χ1) is 8.65. The van der Waals surface area contributed by atoms with Gasteiger partial charge in [0.05, 0.1) is 6.04 Å². The molecule has 1 atom stereocenters. The van der Waals surface area contributed by atoms with Crippen molar-refractivity contribution in [2.45, 2.75) is 19.4 Å². The monoisotopic (exact) mass is 280 g/mol. The molecule has 0 radical (unpaired) electrons. The van der Waals surface area contributed by atoms with Crippen LogP contribution >= 0.6 is 22.9 Å². The van der Waals surface area contributed by atoms with Gasteiger partial charge < -0.3 is 10.6 Å². The maximum Gasteiger partial charge on any atom is 0.223 e. The zero-order valence-corrected chi connectivity index (χ0v) is 11.5. The third-order valence-electron chi connectivity index (χ3n) is 3.27. The van der Waals surface area contributed by atoms with Crippen LogP contribution in [0.4, 0.5) is 11.8 Å². The van der Waals surface area contributed by atoms with Crippen LogP contribution in [0.5, 0.6) is 0 Å². The van der Waals surface area contributed by atoms with Gasteiger partial charge in [-0.1, -0.05) is 11.6 Å². The van der Waals surface area contributed by atoms with Gasteiger partial charge in [0.15, 0.2) is 0 Å². The Morgan fingerprint density at radius 1 is 1.50 bits per heavy atom. The topological polar surface area (TPSA) is 55.0 Å². The molecule has 1 unspecified atom stereocenters. The first kappa shape index (κ1) is 11.7. The number of thiophene rings is 1. The number of nitrogen functional groups attached to an aromatic ring is 1. The highest BCUT2D eigenvalue weighted by molar-refractivity contribution is 7.10. The Balaban J connectivity index is 1.99. The SMILES string of the molecule is CC1c2ccsc2CCN1c1cc(Cl)nc(N)n1. The maximum atomic E-state index is 5.94. The molecule has 1 aliphatic heterocycles. The highest BCUT2D eigenvalue weighted by Crippen LogP contribution is 2.35. The zero-order chi connectivity index (χ0) is 12.7. The molecule has 2 N–H and O–H groups in total. The highest BCUT2D eigenvalue weighted by atomic mass is 35.5. The smallest absolute Gasteiger partial charge is 0.223 e. The van der Waals surface area contributed by atoms with Gasteiger partial charge in [-0.05, 0) is 30.4 Å². The highest BCUT2D eigenvalue weighted by Gasteiger charge is 2.26. The largest absolute Gasteiger partial charge is 0.368 e. The Bertz CT molecular complexity index is 563. The van der Waals surface area contributed by atoms with E-state index in [1.807, 2.05) is 11.3 Å². The van der Waals surface area contributed by atoms with Crippen LogP contribution in [0.1, 0.15) is 23.4 Å². The number of fused-ring (bicyclic) bond motifs is 1. The van der Waals surface area contributed by atoms with Crippen molar-refractivity contribution in [3.63, 3.8) is 0 Å². The summed E-state index contributed by atoms with van der Waals surface area (Å²) in [5, 5.41) is 2.53. The minimum Gasteiger partial charge on any atom is -0.368 e. The van der Waals surface area contributed by atoms with Gasteiger partial charge in [-0.2, -0.15) is 4.98 Å². The fourth-order valence-corrected chi connectivity index (χ4v) is 3.54. The first-order valence-electron chi connectivity index (χ1n) is 5.78. The summed E-state index contributed by atoms with van der Waals surface area (Å²) in [6, 6.07) is 4.25. The first-order valence-corrected chi connectivity index (χ1v) is 7.04. The summed E-state index contributed by atoms with van der Waals surface area (Å²) in [7, 11) is 0. The van der Waals surface area contributed by atoms with Gasteiger partial charge in [-0.25, -0.2) is 4.98 Å². The molecule has 94 valence electrons. The Morgan fingerprint density at radius 2 is 2.33 bits per heavy atom. The maximum absolute atomic E-state index is 5.94. The van der Waals surface area contributed by atoms with Crippen molar-refractivity contribution in [1.82, 2.24) is 9.97 Å². The average molecular weight is 281 g/mol. The van der Waals surface area contributed by atoms with Gasteiger partial charge in [0.25, 0.3) is 0 Å². The van der Waals surface area contributed by atoms with Crippen LogP contribution in [0, 0.1) is 0 Å². The van der Waals surface area contributed by atoms with Crippen LogP contribution in [-0.4, -0.2) is 16.5 Å². The number of hydrogen-bond donors (Lipinski definition) is 1. The van der Waals surface area contributed by atoms with Crippen molar-refractivity contribution in [2.24, 2.45) is 0 Å². The Morgan fingerprint density at radius 3 is 3.11 bits per heavy atom. The van der Waals surface area contributed by atoms with Gasteiger partial charge in [-0.15, -0.1) is 11.3 Å². The number of halogens is 1. The van der Waals surface area contributed by atoms with Gasteiger partial charge in [0.2, 0.25) is 5.95 Å². The van der Waals surface area contributed by atoms with Crippen molar-refractivity contribution in [3.8, 4) is 0 Å². The lowest BCUT2D eigenvalue weighted by Crippen LogP contribution is -2.33. The molecule has 2 aromatic heterocycles. The fraction of sp³-hybridized carbons (Fsp3) is 0.333. The van der Waals surface area contributed by atoms with Crippen molar-refractivity contribution in [1.29, 1.82) is 0 Å². The summed E-state index contributed by atoms with van der Waals surface area (Å²) in [5.74, 6) is 1.03. The van der Waals surface area contributed by atoms with E-state index in [1.54, 1.807) is 6.07 Å². The molecule has 4 nitrogen and oxygen atoms in total. The predicted octanol–water partition coefficient (Wildman–Crippen LogP) is 2.90. The lowest BCUT2D eigenvalue weighted by atomic mass is 10.0. The van der Waals surface area contributed by atoms with Gasteiger partial charge in [-0.3, -0.25) is 0 Å². The Kier molecular flexibility index (Phi) is 2.87. The van der Waals surface area contributed by atoms with Crippen LogP contribution in [0.3, 0.4) is 0 Å². The van der Waals surface area contributed by atoms with Crippen molar-refractivity contribution in [3.05, 3.63) is 33.1 Å². The molecule has 2 aromatic rings. The molecule has 3 rings (SSSR count). The van der Waals surface area contributed by atoms with Crippen LogP contribution < -0.4 is 10.6 Å². The molecule has 0 saturated heterocycles. The minimum atomic E-state index is 0.223. The van der Waals surface area contributed by atoms with Gasteiger partial charge in [0, 0.05) is 17.5 Å². The summed E-state index contributed by atoms with van der Waals surface area (Å²) in [6.45, 7) is 3.11. The number of anilines is 2. The van der Waals surface area contributed by atoms with Crippen molar-refractivity contribution >= 4 is 34.7 Å². The van der Waals surface area contributed by atoms with Gasteiger partial charge in [0.1, 0.15) is 11.0 Å². The standard InChI is InChI=1S/C12H13ClN4S/c1-7-8-3-5-18-9(8)2-4-17(7)11-6-10(13)15-12(14)16-11/h3,5-7H,2,4H2,1H3,(H2,14,15,16). The molecule has 0 saturated carbocycles. The number of rotatable bonds is 1. The summed E-state index contributed by atoms with van der Waals surface area (Å²) >= 11 is 7.76. The molecule has 3 heterocycles. The number of hydrogen-bond acceptors (Lipinski definition) is 5. The van der Waals surface area contributed by atoms with E-state index in [9.17, 15) is 0 Å². The summed E-state index contributed by atoms with van der Waals surface area (Å²) < 4.78 is 0. The zero-order valence-electron chi connectivity index (χ0n) is 9.93. The second-order valence-corrected chi connectivity index (χ2v) is 5.71. The summed E-state index contributed by atoms with van der Waals surface area (Å²) in [5.41, 5.74) is 7.03. The fourth-order valence-electron chi connectivity index (χ4n) is 2.39. The van der Waals surface area contributed by atoms with Crippen LogP contribution in [-0.2, 0) is 6.42 Å². The summed E-state index contributed by atoms with van der Waals surface area (Å²) in [4.78, 5) is 11.9. The lowest BCUT2D eigenvalue weighted by Gasteiger charge is -2.34. The van der Waals surface area contributed by atoms with E-state index in [1.165, 1.54) is 10.4 Å². The van der Waals surface area contributed by atoms with Crippen LogP contribution in [0.15, 0.2) is 17.5 Å². The third-order valence-corrected chi connectivity index (χ3v) is 4.46. The minimum absolute atomic E-state index is 0.223. The summed E-state index contributed by atoms with van der Waals surface area (Å²) in [6.07, 6.45) is 1.04. The molecule has 1 aliphatic rings. The Labute approximate surface area is 114 Å². The second kappa shape index (κ2) is 4.40. The molecule has 0 bridgehead atoms. The quantitative estimate of drug-likeness (QED) is 0.816. The van der Waals surface area contributed by atoms with E-state index >= 15 is 0 Å². The molecular weight excluding hydrogens is 268 g/mol. The molecule has 6 heteroatoms. The predicted molar refractivity (Wildman–Crippen MR) is 75.2 cm³/mol. The van der Waals surface area contributed by atoms with E-state index in [0.717, 1.165) is 18.8 Å². The van der Waals surface area contributed by atoms with E-state index in [2.05, 4.69) is 33.2 Å². The number of nitrogens with two attached hydrogens (primary N) is 1. The third kappa shape index (κ3) is 1.93. The molecule has 0 fully saturated rings. The average Bonchev–Trinajstić information content (AvgIpc) is 2.77. The molecule has 0 aliphatic carbocycles. The molecule has 18 heavy (non-hydrogen) atoms. The molecule has 0 amide bonds. The van der Waals surface area contributed by atoms with E-state index in [0.29, 0.717) is 11.2 Å². The van der Waals surface area contributed by atoms with Crippen molar-refractivity contribution < 1.29 is 0 Å². The van der Waals surface area contributed by atoms with Crippen LogP contribution in [0.2, 0.25) is 5.15 Å². The molecule has 0 spiro atoms. The van der Waals surface area contributed by atoms with Crippen molar-refractivity contribution in [2.75, 3.05) is 17.2 Å². The van der Waals surface area contributed by atoms with E-state index in [4.69, 9.17) is 17.3 Å². The lowest BCUT2D eigenvalue weighted by molar-refractivity contribution is 0.624. The normalized spacial score (nSPS) is 18.8. The van der Waals surface area contributed by atoms with E-state index < -0.39 is 0 Å². The number of nitrogens with zero attached hydrogens (tertiary/aromatic N) is 3. The van der Waals surface area contributed by atoms with Crippen LogP contribution in [0.25, 0.3) is 0 Å².